The van der Waals surface area contributed by atoms with Gasteiger partial charge in [0.2, 0.25) is 0 Å². The number of nitrogens with zero attached hydrogens (tertiary/aromatic N) is 3. The molecule has 0 unspecified atom stereocenters. The summed E-state index contributed by atoms with van der Waals surface area (Å²) in [6, 6.07) is 9.72. The molecule has 1 aliphatic heterocycles. The largest absolute Gasteiger partial charge is 0.490 e. The number of rotatable bonds is 6. The lowest BCUT2D eigenvalue weighted by Gasteiger charge is -2.28. The molecule has 2 aromatic rings. The standard InChI is InChI=1S/C19H22ClN3O3S/c20-18-7-9-21-11-19(18)27(24,25)22-15-8-10-23(13-15)12-14-1-3-16(4-2-14)26-17-5-6-17/h1-4,7,9,11,17,24-25H,5-6,8,10,12-13H2. The second kappa shape index (κ2) is 7.77. The minimum atomic E-state index is -3.33. The van der Waals surface area contributed by atoms with Crippen LogP contribution in [0, 0.1) is 0 Å². The molecule has 2 fully saturated rings. The molecule has 6 nitrogen and oxygen atoms in total. The number of benzene rings is 1. The van der Waals surface area contributed by atoms with Gasteiger partial charge in [-0.1, -0.05) is 34.5 Å². The van der Waals surface area contributed by atoms with Gasteiger partial charge in [-0.3, -0.25) is 19.0 Å². The second-order valence-corrected chi connectivity index (χ2v) is 8.97. The van der Waals surface area contributed by atoms with Gasteiger partial charge in [0.05, 0.1) is 23.0 Å². The number of ether oxygens (including phenoxy) is 1. The zero-order valence-corrected chi connectivity index (χ0v) is 16.4. The van der Waals surface area contributed by atoms with Crippen LogP contribution in [0.2, 0.25) is 5.02 Å². The van der Waals surface area contributed by atoms with Crippen molar-refractivity contribution < 1.29 is 13.8 Å². The van der Waals surface area contributed by atoms with E-state index in [1.165, 1.54) is 24.0 Å². The lowest BCUT2D eigenvalue weighted by molar-refractivity contribution is 0.302. The molecule has 1 aromatic heterocycles. The number of hydrogen-bond acceptors (Lipinski definition) is 6. The van der Waals surface area contributed by atoms with E-state index in [0.717, 1.165) is 37.4 Å². The summed E-state index contributed by atoms with van der Waals surface area (Å²) in [7, 11) is -3.33. The molecule has 0 amide bonds. The fraction of sp³-hybridized carbons (Fsp3) is 0.368. The maximum atomic E-state index is 10.4. The third kappa shape index (κ3) is 4.80. The van der Waals surface area contributed by atoms with Crippen molar-refractivity contribution in [3.8, 4) is 5.75 Å². The molecule has 2 heterocycles. The van der Waals surface area contributed by atoms with Crippen LogP contribution in [0.1, 0.15) is 24.8 Å². The summed E-state index contributed by atoms with van der Waals surface area (Å²) in [6.45, 7) is 2.22. The average molecular weight is 408 g/mol. The van der Waals surface area contributed by atoms with Gasteiger partial charge in [-0.15, -0.1) is 0 Å². The Labute approximate surface area is 165 Å². The highest BCUT2D eigenvalue weighted by Crippen LogP contribution is 2.52. The van der Waals surface area contributed by atoms with Gasteiger partial charge >= 0.3 is 0 Å². The van der Waals surface area contributed by atoms with Crippen LogP contribution in [0.5, 0.6) is 5.75 Å². The number of halogens is 1. The van der Waals surface area contributed by atoms with E-state index in [9.17, 15) is 9.11 Å². The number of aromatic nitrogens is 1. The highest BCUT2D eigenvalue weighted by molar-refractivity contribution is 8.23. The van der Waals surface area contributed by atoms with Crippen LogP contribution in [-0.2, 0) is 6.54 Å². The lowest BCUT2D eigenvalue weighted by Crippen LogP contribution is -2.20. The average Bonchev–Trinajstić information content (AvgIpc) is 3.35. The Bertz CT molecular complexity index is 840. The molecule has 1 aliphatic carbocycles. The van der Waals surface area contributed by atoms with Gasteiger partial charge in [-0.2, -0.15) is 4.40 Å². The van der Waals surface area contributed by atoms with E-state index in [1.54, 1.807) is 0 Å². The first kappa shape index (κ1) is 18.7. The van der Waals surface area contributed by atoms with Gasteiger partial charge in [0.15, 0.2) is 0 Å². The van der Waals surface area contributed by atoms with Gasteiger partial charge in [-0.05, 0) is 36.6 Å². The van der Waals surface area contributed by atoms with Gasteiger partial charge in [0.1, 0.15) is 10.6 Å². The Balaban J connectivity index is 1.38. The predicted octanol–water partition coefficient (Wildman–Crippen LogP) is 4.65. The van der Waals surface area contributed by atoms with Crippen molar-refractivity contribution in [2.75, 3.05) is 13.1 Å². The van der Waals surface area contributed by atoms with E-state index >= 15 is 0 Å². The van der Waals surface area contributed by atoms with E-state index in [-0.39, 0.29) is 9.92 Å². The monoisotopic (exact) mass is 407 g/mol. The highest BCUT2D eigenvalue weighted by Gasteiger charge is 2.25. The molecular formula is C19H22ClN3O3S. The summed E-state index contributed by atoms with van der Waals surface area (Å²) in [5.41, 5.74) is 1.96. The maximum Gasteiger partial charge on any atom is 0.119 e. The van der Waals surface area contributed by atoms with Crippen molar-refractivity contribution in [2.24, 2.45) is 4.40 Å². The summed E-state index contributed by atoms with van der Waals surface area (Å²) in [6.07, 6.45) is 6.28. The first-order valence-electron chi connectivity index (χ1n) is 8.93. The number of hydrogen-bond donors (Lipinski definition) is 2. The lowest BCUT2D eigenvalue weighted by atomic mass is 10.2. The smallest absolute Gasteiger partial charge is 0.119 e. The molecule has 2 N–H and O–H groups in total. The van der Waals surface area contributed by atoms with Crippen LogP contribution in [0.15, 0.2) is 52.0 Å². The SMILES string of the molecule is OS(O)(N=C1CCN(Cc2ccc(OC3CC3)cc2)C1)c1cnccc1Cl. The predicted molar refractivity (Wildman–Crippen MR) is 108 cm³/mol. The van der Waals surface area contributed by atoms with E-state index in [4.69, 9.17) is 16.3 Å². The van der Waals surface area contributed by atoms with Gasteiger partial charge in [0.25, 0.3) is 0 Å². The normalized spacial score (nSPS) is 20.2. The topological polar surface area (TPSA) is 78.2 Å². The Kier molecular flexibility index (Phi) is 5.39. The number of likely N-dealkylation sites (tertiary alicyclic amines) is 1. The van der Waals surface area contributed by atoms with Crippen LogP contribution in [0.4, 0.5) is 0 Å². The van der Waals surface area contributed by atoms with E-state index in [0.29, 0.717) is 19.1 Å². The van der Waals surface area contributed by atoms with Crippen molar-refractivity contribution in [2.45, 2.75) is 36.8 Å². The molecule has 4 rings (SSSR count). The Morgan fingerprint density at radius 3 is 2.70 bits per heavy atom. The van der Waals surface area contributed by atoms with Gasteiger partial charge in [0, 0.05) is 32.3 Å². The fourth-order valence-electron chi connectivity index (χ4n) is 3.02. The van der Waals surface area contributed by atoms with Crippen molar-refractivity contribution in [3.63, 3.8) is 0 Å². The molecule has 2 aliphatic rings. The fourth-order valence-corrected chi connectivity index (χ4v) is 4.57. The third-order valence-corrected chi connectivity index (χ3v) is 6.43. The summed E-state index contributed by atoms with van der Waals surface area (Å²) in [5, 5.41) is 0.262. The molecule has 0 spiro atoms. The first-order chi connectivity index (χ1) is 13.0. The van der Waals surface area contributed by atoms with Crippen molar-refractivity contribution in [3.05, 3.63) is 53.3 Å². The quantitative estimate of drug-likeness (QED) is 0.728. The minimum Gasteiger partial charge on any atom is -0.490 e. The van der Waals surface area contributed by atoms with Crippen LogP contribution >= 0.6 is 22.4 Å². The second-order valence-electron chi connectivity index (χ2n) is 6.90. The zero-order chi connectivity index (χ0) is 18.9. The first-order valence-corrected chi connectivity index (χ1v) is 10.8. The molecular weight excluding hydrogens is 386 g/mol. The van der Waals surface area contributed by atoms with Crippen LogP contribution in [0.3, 0.4) is 0 Å². The summed E-state index contributed by atoms with van der Waals surface area (Å²) in [5.74, 6) is 0.923. The van der Waals surface area contributed by atoms with E-state index < -0.39 is 10.8 Å². The van der Waals surface area contributed by atoms with Crippen molar-refractivity contribution in [1.82, 2.24) is 9.88 Å². The van der Waals surface area contributed by atoms with Gasteiger partial charge in [-0.25, -0.2) is 0 Å². The molecule has 0 radical (unpaired) electrons. The Morgan fingerprint density at radius 2 is 2.00 bits per heavy atom. The van der Waals surface area contributed by atoms with E-state index in [2.05, 4.69) is 26.4 Å². The number of pyridine rings is 1. The summed E-state index contributed by atoms with van der Waals surface area (Å²) >= 11 is 6.05. The molecule has 8 heteroatoms. The third-order valence-electron chi connectivity index (χ3n) is 4.56. The van der Waals surface area contributed by atoms with Crippen LogP contribution in [0.25, 0.3) is 0 Å². The summed E-state index contributed by atoms with van der Waals surface area (Å²) in [4.78, 5) is 6.31. The Morgan fingerprint density at radius 1 is 1.22 bits per heavy atom. The Hall–Kier alpha value is -1.64. The molecule has 0 atom stereocenters. The van der Waals surface area contributed by atoms with Crippen LogP contribution in [-0.4, -0.2) is 43.9 Å². The molecule has 144 valence electrons. The molecule has 1 saturated carbocycles. The molecule has 1 aromatic carbocycles. The van der Waals surface area contributed by atoms with Crippen molar-refractivity contribution in [1.29, 1.82) is 0 Å². The van der Waals surface area contributed by atoms with E-state index in [1.807, 2.05) is 12.1 Å². The molecule has 27 heavy (non-hydrogen) atoms. The van der Waals surface area contributed by atoms with Crippen molar-refractivity contribution >= 4 is 28.1 Å². The highest BCUT2D eigenvalue weighted by atomic mass is 35.5. The minimum absolute atomic E-state index is 0.170. The van der Waals surface area contributed by atoms with Gasteiger partial charge < -0.3 is 4.74 Å². The summed E-state index contributed by atoms with van der Waals surface area (Å²) < 4.78 is 30.8. The van der Waals surface area contributed by atoms with Crippen LogP contribution < -0.4 is 4.74 Å². The maximum absolute atomic E-state index is 10.4. The molecule has 1 saturated heterocycles. The molecule has 0 bridgehead atoms. The zero-order valence-electron chi connectivity index (χ0n) is 14.8.